The lowest BCUT2D eigenvalue weighted by molar-refractivity contribution is 0.600. The van der Waals surface area contributed by atoms with E-state index in [1.165, 1.54) is 11.1 Å². The molecular formula is C19H24N4O2S. The van der Waals surface area contributed by atoms with Crippen molar-refractivity contribution >= 4 is 21.6 Å². The molecule has 0 aliphatic carbocycles. The van der Waals surface area contributed by atoms with Crippen molar-refractivity contribution in [3.05, 3.63) is 47.2 Å². The van der Waals surface area contributed by atoms with E-state index in [4.69, 9.17) is 4.98 Å². The van der Waals surface area contributed by atoms with E-state index >= 15 is 0 Å². The quantitative estimate of drug-likeness (QED) is 0.821. The molecule has 3 heterocycles. The van der Waals surface area contributed by atoms with Crippen LogP contribution in [0.4, 0.5) is 11.8 Å². The third-order valence-electron chi connectivity index (χ3n) is 5.36. The number of rotatable bonds is 3. The molecule has 1 fully saturated rings. The largest absolute Gasteiger partial charge is 0.355 e. The fourth-order valence-electron chi connectivity index (χ4n) is 3.79. The molecule has 7 heteroatoms. The van der Waals surface area contributed by atoms with Crippen LogP contribution in [0.5, 0.6) is 0 Å². The molecule has 2 aliphatic heterocycles. The zero-order chi connectivity index (χ0) is 18.3. The number of nitrogens with zero attached hydrogens (tertiary/aromatic N) is 4. The van der Waals surface area contributed by atoms with Crippen molar-refractivity contribution in [3.8, 4) is 0 Å². The molecule has 0 spiro atoms. The van der Waals surface area contributed by atoms with E-state index < -0.39 is 9.84 Å². The fourth-order valence-corrected chi connectivity index (χ4v) is 5.57. The molecule has 1 aromatic carbocycles. The Bertz CT molecular complexity index is 929. The standard InChI is InChI=1S/C19H24N4O2S/c1-14-11-18(22(2)17-8-10-26(24,25)13-17)21-19(20-14)23-9-7-15-5-3-4-6-16(15)12-23/h3-6,11,17H,7-10,12-13H2,1-2H3. The summed E-state index contributed by atoms with van der Waals surface area (Å²) in [7, 11) is -0.985. The van der Waals surface area contributed by atoms with Crippen LogP contribution < -0.4 is 9.80 Å². The van der Waals surface area contributed by atoms with Gasteiger partial charge in [-0.15, -0.1) is 0 Å². The van der Waals surface area contributed by atoms with Gasteiger partial charge in [0.1, 0.15) is 5.82 Å². The van der Waals surface area contributed by atoms with E-state index in [0.717, 1.165) is 37.0 Å². The highest BCUT2D eigenvalue weighted by Gasteiger charge is 2.31. The second kappa shape index (κ2) is 6.54. The normalized spacial score (nSPS) is 21.5. The summed E-state index contributed by atoms with van der Waals surface area (Å²) in [6.45, 7) is 3.66. The van der Waals surface area contributed by atoms with Crippen molar-refractivity contribution in [3.63, 3.8) is 0 Å². The molecule has 0 bridgehead atoms. The van der Waals surface area contributed by atoms with Crippen molar-refractivity contribution in [2.75, 3.05) is 34.9 Å². The zero-order valence-electron chi connectivity index (χ0n) is 15.2. The number of sulfone groups is 1. The van der Waals surface area contributed by atoms with Crippen LogP contribution >= 0.6 is 0 Å². The van der Waals surface area contributed by atoms with Gasteiger partial charge in [-0.25, -0.2) is 13.4 Å². The minimum atomic E-state index is -2.92. The predicted octanol–water partition coefficient (Wildman–Crippen LogP) is 1.97. The van der Waals surface area contributed by atoms with Crippen LogP contribution in [0.2, 0.25) is 0 Å². The molecular weight excluding hydrogens is 348 g/mol. The highest BCUT2D eigenvalue weighted by molar-refractivity contribution is 7.91. The SMILES string of the molecule is Cc1cc(N(C)C2CCS(=O)(=O)C2)nc(N2CCc3ccccc3C2)n1. The summed E-state index contributed by atoms with van der Waals surface area (Å²) in [5.41, 5.74) is 3.61. The summed E-state index contributed by atoms with van der Waals surface area (Å²) in [5.74, 6) is 2.00. The van der Waals surface area contributed by atoms with Gasteiger partial charge >= 0.3 is 0 Å². The number of benzene rings is 1. The minimum absolute atomic E-state index is 0.00997. The summed E-state index contributed by atoms with van der Waals surface area (Å²) in [6.07, 6.45) is 1.65. The fraction of sp³-hybridized carbons (Fsp3) is 0.474. The average molecular weight is 372 g/mol. The Kier molecular flexibility index (Phi) is 4.34. The minimum Gasteiger partial charge on any atom is -0.355 e. The molecule has 1 unspecified atom stereocenters. The second-order valence-electron chi connectivity index (χ2n) is 7.28. The molecule has 26 heavy (non-hydrogen) atoms. The van der Waals surface area contributed by atoms with Crippen LogP contribution in [-0.2, 0) is 22.8 Å². The van der Waals surface area contributed by atoms with Crippen molar-refractivity contribution in [2.24, 2.45) is 0 Å². The van der Waals surface area contributed by atoms with Crippen LogP contribution in [0.3, 0.4) is 0 Å². The number of aryl methyl sites for hydroxylation is 1. The van der Waals surface area contributed by atoms with Crippen LogP contribution in [0, 0.1) is 6.92 Å². The smallest absolute Gasteiger partial charge is 0.227 e. The number of anilines is 2. The van der Waals surface area contributed by atoms with E-state index in [0.29, 0.717) is 6.42 Å². The monoisotopic (exact) mass is 372 g/mol. The Morgan fingerprint density at radius 1 is 1.19 bits per heavy atom. The molecule has 1 atom stereocenters. The van der Waals surface area contributed by atoms with E-state index in [-0.39, 0.29) is 17.5 Å². The van der Waals surface area contributed by atoms with Gasteiger partial charge < -0.3 is 9.80 Å². The molecule has 0 radical (unpaired) electrons. The Morgan fingerprint density at radius 3 is 2.69 bits per heavy atom. The molecule has 0 saturated carbocycles. The highest BCUT2D eigenvalue weighted by Crippen LogP contribution is 2.26. The van der Waals surface area contributed by atoms with Gasteiger partial charge in [-0.3, -0.25) is 0 Å². The van der Waals surface area contributed by atoms with Gasteiger partial charge in [0.15, 0.2) is 9.84 Å². The first-order chi connectivity index (χ1) is 12.4. The van der Waals surface area contributed by atoms with Crippen LogP contribution in [0.15, 0.2) is 30.3 Å². The molecule has 0 N–H and O–H groups in total. The maximum atomic E-state index is 11.8. The molecule has 2 aliphatic rings. The van der Waals surface area contributed by atoms with Crippen LogP contribution in [0.1, 0.15) is 23.2 Å². The Hall–Kier alpha value is -2.15. The summed E-state index contributed by atoms with van der Waals surface area (Å²) < 4.78 is 23.6. The number of hydrogen-bond donors (Lipinski definition) is 0. The summed E-state index contributed by atoms with van der Waals surface area (Å²) in [5, 5.41) is 0. The first-order valence-corrected chi connectivity index (χ1v) is 10.8. The summed E-state index contributed by atoms with van der Waals surface area (Å²) in [6, 6.07) is 10.4. The van der Waals surface area contributed by atoms with Gasteiger partial charge in [-0.1, -0.05) is 24.3 Å². The van der Waals surface area contributed by atoms with Crippen molar-refractivity contribution in [2.45, 2.75) is 32.4 Å². The maximum Gasteiger partial charge on any atom is 0.227 e. The van der Waals surface area contributed by atoms with Crippen molar-refractivity contribution in [1.82, 2.24) is 9.97 Å². The summed E-state index contributed by atoms with van der Waals surface area (Å²) in [4.78, 5) is 13.6. The highest BCUT2D eigenvalue weighted by atomic mass is 32.2. The number of hydrogen-bond acceptors (Lipinski definition) is 6. The lowest BCUT2D eigenvalue weighted by atomic mass is 10.0. The van der Waals surface area contributed by atoms with E-state index in [2.05, 4.69) is 34.1 Å². The number of aromatic nitrogens is 2. The maximum absolute atomic E-state index is 11.8. The lowest BCUT2D eigenvalue weighted by Gasteiger charge is -2.31. The zero-order valence-corrected chi connectivity index (χ0v) is 16.0. The Balaban J connectivity index is 1.59. The van der Waals surface area contributed by atoms with E-state index in [1.54, 1.807) is 0 Å². The first kappa shape index (κ1) is 17.3. The van der Waals surface area contributed by atoms with Crippen LogP contribution in [-0.4, -0.2) is 49.5 Å². The molecule has 4 rings (SSSR count). The lowest BCUT2D eigenvalue weighted by Crippen LogP contribution is -2.35. The average Bonchev–Trinajstić information content (AvgIpc) is 3.00. The topological polar surface area (TPSA) is 66.4 Å². The Morgan fingerprint density at radius 2 is 1.96 bits per heavy atom. The van der Waals surface area contributed by atoms with Gasteiger partial charge in [0.25, 0.3) is 0 Å². The van der Waals surface area contributed by atoms with Gasteiger partial charge in [0.05, 0.1) is 11.5 Å². The molecule has 138 valence electrons. The first-order valence-electron chi connectivity index (χ1n) is 9.02. The third-order valence-corrected chi connectivity index (χ3v) is 7.11. The van der Waals surface area contributed by atoms with Crippen LogP contribution in [0.25, 0.3) is 0 Å². The van der Waals surface area contributed by atoms with Gasteiger partial charge in [-0.05, 0) is 30.9 Å². The molecule has 1 saturated heterocycles. The molecule has 0 amide bonds. The van der Waals surface area contributed by atoms with Crippen molar-refractivity contribution < 1.29 is 8.42 Å². The predicted molar refractivity (Wildman–Crippen MR) is 103 cm³/mol. The Labute approximate surface area is 154 Å². The summed E-state index contributed by atoms with van der Waals surface area (Å²) >= 11 is 0. The van der Waals surface area contributed by atoms with Gasteiger partial charge in [0, 0.05) is 37.9 Å². The molecule has 2 aromatic rings. The molecule has 1 aromatic heterocycles. The molecule has 6 nitrogen and oxygen atoms in total. The second-order valence-corrected chi connectivity index (χ2v) is 9.50. The number of fused-ring (bicyclic) bond motifs is 1. The van der Waals surface area contributed by atoms with Gasteiger partial charge in [-0.2, -0.15) is 4.98 Å². The van der Waals surface area contributed by atoms with E-state index in [9.17, 15) is 8.42 Å². The van der Waals surface area contributed by atoms with E-state index in [1.807, 2.05) is 24.9 Å². The third kappa shape index (κ3) is 3.40. The van der Waals surface area contributed by atoms with Gasteiger partial charge in [0.2, 0.25) is 5.95 Å². The van der Waals surface area contributed by atoms with Crippen molar-refractivity contribution in [1.29, 1.82) is 0 Å².